The van der Waals surface area contributed by atoms with Gasteiger partial charge in [-0.1, -0.05) is 0 Å². The Morgan fingerprint density at radius 2 is 2.14 bits per heavy atom. The Balaban J connectivity index is 2.49. The molecule has 0 fully saturated rings. The lowest BCUT2D eigenvalue weighted by Gasteiger charge is -2.12. The molecule has 3 heteroatoms. The fraction of sp³-hybridized carbons (Fsp3) is 0. The van der Waals surface area contributed by atoms with Crippen molar-refractivity contribution < 1.29 is 4.55 Å². The van der Waals surface area contributed by atoms with E-state index >= 15 is 0 Å². The number of hydrogen-bond acceptors (Lipinski definition) is 1. The van der Waals surface area contributed by atoms with E-state index in [0.717, 1.165) is 21.4 Å². The number of rotatable bonds is 0. The van der Waals surface area contributed by atoms with Crippen molar-refractivity contribution in [2.24, 2.45) is 0 Å². The molecule has 1 aromatic heterocycles. The van der Waals surface area contributed by atoms with Crippen LogP contribution in [0.15, 0.2) is 35.4 Å². The topological polar surface area (TPSA) is 38.8 Å². The van der Waals surface area contributed by atoms with E-state index in [-0.39, 0.29) is 0 Å². The van der Waals surface area contributed by atoms with E-state index in [9.17, 15) is 4.55 Å². The molecule has 0 radical (unpaired) electrons. The number of hydrogen-bond donors (Lipinski definition) is 1. The van der Waals surface area contributed by atoms with Gasteiger partial charge in [0.1, 0.15) is 4.90 Å². The molecule has 14 heavy (non-hydrogen) atoms. The number of aromatic nitrogens is 1. The molecule has 3 rings (SSSR count). The van der Waals surface area contributed by atoms with Crippen molar-refractivity contribution in [3.63, 3.8) is 0 Å². The van der Waals surface area contributed by atoms with Crippen molar-refractivity contribution in [3.8, 4) is 0 Å². The van der Waals surface area contributed by atoms with Crippen LogP contribution >= 0.6 is 0 Å². The first kappa shape index (κ1) is 8.03. The third kappa shape index (κ3) is 0.997. The molecular formula is C11H9NOS. The number of allylic oxidation sites excluding steroid dienone is 1. The summed E-state index contributed by atoms with van der Waals surface area (Å²) in [6.45, 7) is 0. The Morgan fingerprint density at radius 1 is 1.21 bits per heavy atom. The minimum Gasteiger partial charge on any atom is -0.646 e. The second kappa shape index (κ2) is 2.83. The fourth-order valence-electron chi connectivity index (χ4n) is 1.81. The van der Waals surface area contributed by atoms with Crippen molar-refractivity contribution >= 4 is 33.1 Å². The van der Waals surface area contributed by atoms with Crippen molar-refractivity contribution in [3.05, 3.63) is 36.0 Å². The van der Waals surface area contributed by atoms with Crippen LogP contribution in [0.4, 0.5) is 0 Å². The molecule has 1 aliphatic heterocycles. The molecule has 1 aromatic carbocycles. The quantitative estimate of drug-likeness (QED) is 0.396. The van der Waals surface area contributed by atoms with Gasteiger partial charge < -0.3 is 9.54 Å². The molecule has 1 aliphatic rings. The number of benzene rings is 1. The maximum atomic E-state index is 11.8. The van der Waals surface area contributed by atoms with Crippen LogP contribution in [0.1, 0.15) is 5.56 Å². The largest absolute Gasteiger partial charge is 0.646 e. The number of aromatic amines is 1. The Kier molecular flexibility index (Phi) is 1.63. The zero-order chi connectivity index (χ0) is 9.54. The van der Waals surface area contributed by atoms with Crippen LogP contribution in [-0.4, -0.2) is 14.9 Å². The molecule has 1 atom stereocenters. The summed E-state index contributed by atoms with van der Waals surface area (Å²) in [7, 11) is -1.36. The van der Waals surface area contributed by atoms with Gasteiger partial charge in [-0.15, -0.1) is 0 Å². The summed E-state index contributed by atoms with van der Waals surface area (Å²) in [5.41, 5.74) is 2.12. The highest BCUT2D eigenvalue weighted by molar-refractivity contribution is 7.90. The SMILES string of the molecule is [O-][SH+]1=CC=Cc2ccc3[nH]ccc3c21. The second-order valence-electron chi connectivity index (χ2n) is 3.28. The Morgan fingerprint density at radius 3 is 3.07 bits per heavy atom. The van der Waals surface area contributed by atoms with E-state index in [4.69, 9.17) is 0 Å². The fourth-order valence-corrected chi connectivity index (χ4v) is 3.04. The van der Waals surface area contributed by atoms with Gasteiger partial charge in [-0.05, 0) is 30.4 Å². The zero-order valence-corrected chi connectivity index (χ0v) is 8.29. The van der Waals surface area contributed by atoms with Crippen molar-refractivity contribution in [2.45, 2.75) is 4.90 Å². The van der Waals surface area contributed by atoms with Gasteiger partial charge >= 0.3 is 0 Å². The highest BCUT2D eigenvalue weighted by atomic mass is 32.2. The molecule has 2 heterocycles. The lowest BCUT2D eigenvalue weighted by molar-refractivity contribution is 0.611. The van der Waals surface area contributed by atoms with Crippen LogP contribution in [0.2, 0.25) is 0 Å². The highest BCUT2D eigenvalue weighted by Gasteiger charge is 2.12. The van der Waals surface area contributed by atoms with Gasteiger partial charge in [-0.2, -0.15) is 10.8 Å². The zero-order valence-electron chi connectivity index (χ0n) is 7.40. The average Bonchev–Trinajstić information content (AvgIpc) is 2.65. The van der Waals surface area contributed by atoms with E-state index in [2.05, 4.69) is 4.98 Å². The van der Waals surface area contributed by atoms with Crippen LogP contribution in [-0.2, 0) is 10.8 Å². The van der Waals surface area contributed by atoms with Crippen molar-refractivity contribution in [1.82, 2.24) is 4.98 Å². The van der Waals surface area contributed by atoms with Crippen LogP contribution < -0.4 is 0 Å². The number of H-pyrrole nitrogens is 1. The maximum absolute atomic E-state index is 11.8. The summed E-state index contributed by atoms with van der Waals surface area (Å²) in [5.74, 6) is 0. The molecule has 2 aromatic rings. The molecular weight excluding hydrogens is 194 g/mol. The lowest BCUT2D eigenvalue weighted by Crippen LogP contribution is -2.00. The summed E-state index contributed by atoms with van der Waals surface area (Å²) in [6, 6.07) is 6.01. The van der Waals surface area contributed by atoms with Crippen LogP contribution in [0, 0.1) is 0 Å². The van der Waals surface area contributed by atoms with E-state index in [0.29, 0.717) is 0 Å². The van der Waals surface area contributed by atoms with E-state index in [1.165, 1.54) is 0 Å². The summed E-state index contributed by atoms with van der Waals surface area (Å²) in [5, 5.41) is 2.83. The molecule has 0 spiro atoms. The molecule has 0 aliphatic carbocycles. The molecule has 0 amide bonds. The van der Waals surface area contributed by atoms with Gasteiger partial charge in [-0.25, -0.2) is 0 Å². The first-order valence-electron chi connectivity index (χ1n) is 4.44. The molecule has 70 valence electrons. The predicted molar refractivity (Wildman–Crippen MR) is 61.2 cm³/mol. The predicted octanol–water partition coefficient (Wildman–Crippen LogP) is 1.84. The van der Waals surface area contributed by atoms with E-state index in [1.54, 1.807) is 5.37 Å². The summed E-state index contributed by atoms with van der Waals surface area (Å²) >= 11 is 0. The van der Waals surface area contributed by atoms with Gasteiger partial charge in [0.15, 0.2) is 0 Å². The lowest BCUT2D eigenvalue weighted by atomic mass is 10.1. The first-order chi connectivity index (χ1) is 6.86. The molecule has 0 bridgehead atoms. The summed E-state index contributed by atoms with van der Waals surface area (Å²) in [4.78, 5) is 4.08. The van der Waals surface area contributed by atoms with Crippen molar-refractivity contribution in [1.29, 1.82) is 0 Å². The first-order valence-corrected chi connectivity index (χ1v) is 5.77. The summed E-state index contributed by atoms with van der Waals surface area (Å²) < 4.78 is 11.8. The van der Waals surface area contributed by atoms with Gasteiger partial charge in [0.25, 0.3) is 0 Å². The maximum Gasteiger partial charge on any atom is 0.130 e. The summed E-state index contributed by atoms with van der Waals surface area (Å²) in [6.07, 6.45) is 5.74. The van der Waals surface area contributed by atoms with Crippen LogP contribution in [0.5, 0.6) is 0 Å². The monoisotopic (exact) mass is 203 g/mol. The molecule has 1 N–H and O–H groups in total. The molecule has 2 nitrogen and oxygen atoms in total. The molecule has 1 unspecified atom stereocenters. The minimum absolute atomic E-state index is 0.959. The average molecular weight is 203 g/mol. The smallest absolute Gasteiger partial charge is 0.130 e. The van der Waals surface area contributed by atoms with Gasteiger partial charge in [0.2, 0.25) is 0 Å². The number of nitrogens with one attached hydrogen (secondary N) is 1. The van der Waals surface area contributed by atoms with Crippen LogP contribution in [0.3, 0.4) is 0 Å². The highest BCUT2D eigenvalue weighted by Crippen LogP contribution is 2.27. The molecule has 0 saturated heterocycles. The van der Waals surface area contributed by atoms with Gasteiger partial charge in [-0.3, -0.25) is 0 Å². The third-order valence-corrected chi connectivity index (χ3v) is 3.84. The van der Waals surface area contributed by atoms with Crippen molar-refractivity contribution in [2.75, 3.05) is 0 Å². The second-order valence-corrected chi connectivity index (χ2v) is 4.67. The Bertz CT molecular complexity index is 566. The van der Waals surface area contributed by atoms with Gasteiger partial charge in [0.05, 0.1) is 16.3 Å². The van der Waals surface area contributed by atoms with E-state index in [1.807, 2.05) is 36.5 Å². The number of thiol groups is 1. The Labute approximate surface area is 84.0 Å². The standard InChI is InChI=1S/C11H9NOS/c13-14-7-1-2-8-3-4-10-9(11(8)14)5-6-12-10/h1-7,12,14H. The molecule has 0 saturated carbocycles. The third-order valence-electron chi connectivity index (χ3n) is 2.45. The minimum atomic E-state index is -1.36. The normalized spacial score (nSPS) is 19.4. The van der Waals surface area contributed by atoms with E-state index < -0.39 is 10.8 Å². The number of fused-ring (bicyclic) bond motifs is 3. The van der Waals surface area contributed by atoms with Crippen LogP contribution in [0.25, 0.3) is 17.0 Å². The Hall–Kier alpha value is -1.32. The van der Waals surface area contributed by atoms with Gasteiger partial charge in [0, 0.05) is 11.8 Å².